The second-order valence-corrected chi connectivity index (χ2v) is 7.17. The summed E-state index contributed by atoms with van der Waals surface area (Å²) < 4.78 is 29.3. The van der Waals surface area contributed by atoms with E-state index < -0.39 is 10.0 Å². The highest BCUT2D eigenvalue weighted by molar-refractivity contribution is 14.0. The maximum absolute atomic E-state index is 11.2. The fraction of sp³-hybridized carbons (Fsp3) is 0.909. The molecular formula is C11H23IN4O3S. The van der Waals surface area contributed by atoms with Crippen molar-refractivity contribution >= 4 is 40.0 Å². The first kappa shape index (κ1) is 17.9. The van der Waals surface area contributed by atoms with Gasteiger partial charge in [0.15, 0.2) is 5.96 Å². The Morgan fingerprint density at radius 1 is 1.50 bits per heavy atom. The van der Waals surface area contributed by atoms with Crippen molar-refractivity contribution < 1.29 is 13.2 Å². The maximum atomic E-state index is 11.2. The molecule has 0 bridgehead atoms. The molecule has 2 aliphatic heterocycles. The van der Waals surface area contributed by atoms with Crippen LogP contribution in [0.25, 0.3) is 0 Å². The highest BCUT2D eigenvalue weighted by Crippen LogP contribution is 2.18. The molecule has 3 N–H and O–H groups in total. The lowest BCUT2D eigenvalue weighted by molar-refractivity contribution is 0.114. The number of guanidine groups is 1. The SMILES string of the molecule is CS(=O)(=O)N1CC(CN=C(N)NCC2CCCO2)C1.I. The van der Waals surface area contributed by atoms with Crippen molar-refractivity contribution in [2.45, 2.75) is 18.9 Å². The van der Waals surface area contributed by atoms with E-state index in [4.69, 9.17) is 10.5 Å². The minimum absolute atomic E-state index is 0. The first-order valence-corrected chi connectivity index (χ1v) is 8.40. The first-order valence-electron chi connectivity index (χ1n) is 6.55. The Balaban J connectivity index is 0.00000200. The number of hydrogen-bond acceptors (Lipinski definition) is 4. The fourth-order valence-electron chi connectivity index (χ4n) is 2.22. The average molecular weight is 418 g/mol. The van der Waals surface area contributed by atoms with Gasteiger partial charge in [-0.25, -0.2) is 12.7 Å². The van der Waals surface area contributed by atoms with Gasteiger partial charge in [-0.3, -0.25) is 4.99 Å². The van der Waals surface area contributed by atoms with Crippen LogP contribution in [0.1, 0.15) is 12.8 Å². The summed E-state index contributed by atoms with van der Waals surface area (Å²) in [5, 5.41) is 3.04. The Morgan fingerprint density at radius 2 is 2.20 bits per heavy atom. The molecule has 2 aliphatic rings. The fourth-order valence-corrected chi connectivity index (χ4v) is 3.18. The van der Waals surface area contributed by atoms with Gasteiger partial charge < -0.3 is 15.8 Å². The van der Waals surface area contributed by atoms with Crippen LogP contribution in [0.4, 0.5) is 0 Å². The van der Waals surface area contributed by atoms with E-state index in [1.165, 1.54) is 10.6 Å². The quantitative estimate of drug-likeness (QED) is 0.359. The number of aliphatic imine (C=N–C) groups is 1. The van der Waals surface area contributed by atoms with Crippen molar-refractivity contribution in [1.82, 2.24) is 9.62 Å². The van der Waals surface area contributed by atoms with E-state index in [1.54, 1.807) is 0 Å². The van der Waals surface area contributed by atoms with Gasteiger partial charge in [-0.15, -0.1) is 24.0 Å². The second kappa shape index (κ2) is 7.76. The summed E-state index contributed by atoms with van der Waals surface area (Å²) in [4.78, 5) is 4.23. The largest absolute Gasteiger partial charge is 0.376 e. The lowest BCUT2D eigenvalue weighted by Gasteiger charge is -2.36. The minimum Gasteiger partial charge on any atom is -0.376 e. The molecule has 0 aromatic rings. The first-order chi connectivity index (χ1) is 8.95. The number of nitrogens with two attached hydrogens (primary N) is 1. The number of nitrogens with one attached hydrogen (secondary N) is 1. The Morgan fingerprint density at radius 3 is 2.75 bits per heavy atom. The van der Waals surface area contributed by atoms with E-state index in [-0.39, 0.29) is 36.0 Å². The lowest BCUT2D eigenvalue weighted by atomic mass is 10.0. The zero-order valence-electron chi connectivity index (χ0n) is 11.6. The molecule has 0 aliphatic carbocycles. The number of nitrogens with zero attached hydrogens (tertiary/aromatic N) is 2. The molecule has 0 amide bonds. The summed E-state index contributed by atoms with van der Waals surface area (Å²) >= 11 is 0. The summed E-state index contributed by atoms with van der Waals surface area (Å²) in [6.07, 6.45) is 3.63. The summed E-state index contributed by atoms with van der Waals surface area (Å²) in [5.41, 5.74) is 5.75. The van der Waals surface area contributed by atoms with Crippen LogP contribution in [0.2, 0.25) is 0 Å². The molecule has 0 radical (unpaired) electrons. The zero-order valence-corrected chi connectivity index (χ0v) is 14.8. The van der Waals surface area contributed by atoms with Gasteiger partial charge in [0, 0.05) is 38.7 Å². The van der Waals surface area contributed by atoms with E-state index in [0.29, 0.717) is 32.1 Å². The molecule has 0 saturated carbocycles. The van der Waals surface area contributed by atoms with Gasteiger partial charge in [-0.1, -0.05) is 0 Å². The van der Waals surface area contributed by atoms with Crippen LogP contribution in [-0.2, 0) is 14.8 Å². The van der Waals surface area contributed by atoms with E-state index in [1.807, 2.05) is 0 Å². The molecule has 0 aromatic heterocycles. The van der Waals surface area contributed by atoms with Crippen molar-refractivity contribution in [2.24, 2.45) is 16.6 Å². The van der Waals surface area contributed by atoms with Gasteiger partial charge in [0.2, 0.25) is 10.0 Å². The van der Waals surface area contributed by atoms with Crippen molar-refractivity contribution in [3.63, 3.8) is 0 Å². The van der Waals surface area contributed by atoms with Crippen LogP contribution >= 0.6 is 24.0 Å². The maximum Gasteiger partial charge on any atom is 0.211 e. The highest BCUT2D eigenvalue weighted by Gasteiger charge is 2.32. The van der Waals surface area contributed by atoms with E-state index >= 15 is 0 Å². The van der Waals surface area contributed by atoms with Crippen LogP contribution in [-0.4, -0.2) is 63.8 Å². The molecule has 1 unspecified atom stereocenters. The van der Waals surface area contributed by atoms with E-state index in [0.717, 1.165) is 19.4 Å². The Kier molecular flexibility index (Phi) is 6.95. The van der Waals surface area contributed by atoms with Crippen molar-refractivity contribution in [3.05, 3.63) is 0 Å². The standard InChI is InChI=1S/C11H22N4O3S.HI/c1-19(16,17)15-7-9(8-15)5-13-11(12)14-6-10-3-2-4-18-10;/h9-10H,2-8H2,1H3,(H3,12,13,14);1H. The molecule has 2 heterocycles. The van der Waals surface area contributed by atoms with Crippen LogP contribution in [0.3, 0.4) is 0 Å². The predicted molar refractivity (Wildman–Crippen MR) is 88.8 cm³/mol. The van der Waals surface area contributed by atoms with Gasteiger partial charge in [0.1, 0.15) is 0 Å². The van der Waals surface area contributed by atoms with E-state index in [2.05, 4.69) is 10.3 Å². The predicted octanol–water partition coefficient (Wildman–Crippen LogP) is -0.421. The van der Waals surface area contributed by atoms with Gasteiger partial charge in [-0.2, -0.15) is 0 Å². The number of ether oxygens (including phenoxy) is 1. The topological polar surface area (TPSA) is 97.0 Å². The molecule has 118 valence electrons. The summed E-state index contributed by atoms with van der Waals surface area (Å²) in [6.45, 7) is 3.17. The Labute approximate surface area is 137 Å². The second-order valence-electron chi connectivity index (χ2n) is 5.19. The van der Waals surface area contributed by atoms with Gasteiger partial charge in [-0.05, 0) is 12.8 Å². The molecule has 2 rings (SSSR count). The third-order valence-electron chi connectivity index (χ3n) is 3.45. The van der Waals surface area contributed by atoms with Crippen LogP contribution in [0, 0.1) is 5.92 Å². The van der Waals surface area contributed by atoms with Gasteiger partial charge in [0.25, 0.3) is 0 Å². The smallest absolute Gasteiger partial charge is 0.211 e. The molecule has 20 heavy (non-hydrogen) atoms. The summed E-state index contributed by atoms with van der Waals surface area (Å²) in [7, 11) is -3.04. The van der Waals surface area contributed by atoms with Gasteiger partial charge in [0.05, 0.1) is 12.4 Å². The normalized spacial score (nSPS) is 25.1. The van der Waals surface area contributed by atoms with Crippen LogP contribution in [0.5, 0.6) is 0 Å². The monoisotopic (exact) mass is 418 g/mol. The molecule has 7 nitrogen and oxygen atoms in total. The molecule has 2 saturated heterocycles. The Hall–Kier alpha value is -0.130. The molecule has 2 fully saturated rings. The van der Waals surface area contributed by atoms with Gasteiger partial charge >= 0.3 is 0 Å². The third-order valence-corrected chi connectivity index (χ3v) is 4.68. The van der Waals surface area contributed by atoms with Crippen LogP contribution < -0.4 is 11.1 Å². The van der Waals surface area contributed by atoms with Crippen molar-refractivity contribution in [2.75, 3.05) is 39.0 Å². The average Bonchev–Trinajstić information content (AvgIpc) is 2.75. The number of hydrogen-bond donors (Lipinski definition) is 2. The summed E-state index contributed by atoms with van der Waals surface area (Å²) in [6, 6.07) is 0. The highest BCUT2D eigenvalue weighted by atomic mass is 127. The van der Waals surface area contributed by atoms with Crippen LogP contribution in [0.15, 0.2) is 4.99 Å². The molecule has 9 heteroatoms. The molecular weight excluding hydrogens is 395 g/mol. The zero-order chi connectivity index (χ0) is 13.9. The molecule has 0 aromatic carbocycles. The molecule has 1 atom stereocenters. The minimum atomic E-state index is -3.04. The number of rotatable bonds is 5. The van der Waals surface area contributed by atoms with Crippen molar-refractivity contribution in [1.29, 1.82) is 0 Å². The lowest BCUT2D eigenvalue weighted by Crippen LogP contribution is -2.50. The van der Waals surface area contributed by atoms with E-state index in [9.17, 15) is 8.42 Å². The molecule has 0 spiro atoms. The summed E-state index contributed by atoms with van der Waals surface area (Å²) in [5.74, 6) is 0.686. The number of sulfonamides is 1. The van der Waals surface area contributed by atoms with Crippen molar-refractivity contribution in [3.8, 4) is 0 Å². The Bertz CT molecular complexity index is 431. The number of halogens is 1. The third kappa shape index (κ3) is 5.34.